The van der Waals surface area contributed by atoms with Crippen LogP contribution in [0.15, 0.2) is 54.6 Å². The second kappa shape index (κ2) is 9.53. The molecule has 3 amide bonds. The molecule has 0 saturated carbocycles. The van der Waals surface area contributed by atoms with Crippen LogP contribution in [0.4, 0.5) is 0 Å². The highest BCUT2D eigenvalue weighted by atomic mass is 16.5. The fourth-order valence-electron chi connectivity index (χ4n) is 4.92. The number of benzene rings is 2. The molecule has 32 heavy (non-hydrogen) atoms. The van der Waals surface area contributed by atoms with Gasteiger partial charge in [-0.15, -0.1) is 0 Å². The number of carbonyl (C=O) groups is 3. The molecule has 3 atom stereocenters. The van der Waals surface area contributed by atoms with Crippen molar-refractivity contribution in [2.24, 2.45) is 11.7 Å². The number of carbonyl (C=O) groups excluding carboxylic acids is 3. The molecule has 1 fully saturated rings. The van der Waals surface area contributed by atoms with Crippen LogP contribution in [0.3, 0.4) is 0 Å². The fourth-order valence-corrected chi connectivity index (χ4v) is 4.92. The summed E-state index contributed by atoms with van der Waals surface area (Å²) in [6.07, 6.45) is 1.43. The monoisotopic (exact) mass is 435 g/mol. The van der Waals surface area contributed by atoms with E-state index in [4.69, 9.17) is 10.5 Å². The van der Waals surface area contributed by atoms with Crippen LogP contribution in [-0.2, 0) is 14.3 Å². The van der Waals surface area contributed by atoms with Crippen molar-refractivity contribution in [1.29, 1.82) is 0 Å². The van der Waals surface area contributed by atoms with Gasteiger partial charge in [-0.25, -0.2) is 0 Å². The first-order valence-corrected chi connectivity index (χ1v) is 11.0. The van der Waals surface area contributed by atoms with Crippen molar-refractivity contribution in [3.05, 3.63) is 71.3 Å². The van der Waals surface area contributed by atoms with E-state index in [0.717, 1.165) is 17.5 Å². The highest BCUT2D eigenvalue weighted by Crippen LogP contribution is 2.44. The molecule has 0 bridgehead atoms. The maximum Gasteiger partial charge on any atom is 0.254 e. The maximum absolute atomic E-state index is 14.0. The number of primary amides is 1. The highest BCUT2D eigenvalue weighted by Gasteiger charge is 2.45. The van der Waals surface area contributed by atoms with Crippen molar-refractivity contribution in [2.75, 3.05) is 33.4 Å². The first-order chi connectivity index (χ1) is 15.5. The molecule has 7 heteroatoms. The smallest absolute Gasteiger partial charge is 0.254 e. The molecule has 2 aliphatic rings. The molecular weight excluding hydrogens is 406 g/mol. The SMILES string of the molecule is COCCN1C(=O)c2ccccc2C(C(=O)N2CCCC(C(N)=O)C2)C1c1ccccc1. The predicted octanol–water partition coefficient (Wildman–Crippen LogP) is 2.34. The summed E-state index contributed by atoms with van der Waals surface area (Å²) in [6.45, 7) is 1.64. The quantitative estimate of drug-likeness (QED) is 0.754. The van der Waals surface area contributed by atoms with Gasteiger partial charge >= 0.3 is 0 Å². The van der Waals surface area contributed by atoms with Gasteiger partial charge in [0.05, 0.1) is 24.5 Å². The number of ether oxygens (including phenoxy) is 1. The van der Waals surface area contributed by atoms with Gasteiger partial charge in [0.2, 0.25) is 11.8 Å². The Balaban J connectivity index is 1.80. The van der Waals surface area contributed by atoms with Crippen molar-refractivity contribution in [3.63, 3.8) is 0 Å². The van der Waals surface area contributed by atoms with Gasteiger partial charge in [-0.1, -0.05) is 48.5 Å². The Kier molecular flexibility index (Phi) is 6.55. The van der Waals surface area contributed by atoms with Gasteiger partial charge in [0.1, 0.15) is 0 Å². The molecule has 1 saturated heterocycles. The summed E-state index contributed by atoms with van der Waals surface area (Å²) in [7, 11) is 1.60. The Hall–Kier alpha value is -3.19. The van der Waals surface area contributed by atoms with Crippen molar-refractivity contribution in [1.82, 2.24) is 9.80 Å². The molecule has 2 aromatic rings. The maximum atomic E-state index is 14.0. The molecule has 0 aromatic heterocycles. The summed E-state index contributed by atoms with van der Waals surface area (Å²) in [4.78, 5) is 42.8. The Labute approximate surface area is 188 Å². The number of fused-ring (bicyclic) bond motifs is 1. The van der Waals surface area contributed by atoms with E-state index in [0.29, 0.717) is 38.2 Å². The third-order valence-corrected chi connectivity index (χ3v) is 6.52. The molecule has 2 N–H and O–H groups in total. The minimum atomic E-state index is -0.574. The van der Waals surface area contributed by atoms with Gasteiger partial charge in [-0.3, -0.25) is 14.4 Å². The normalized spacial score (nSPS) is 23.0. The average Bonchev–Trinajstić information content (AvgIpc) is 2.83. The molecule has 2 aromatic carbocycles. The van der Waals surface area contributed by atoms with E-state index in [2.05, 4.69) is 0 Å². The number of hydrogen-bond donors (Lipinski definition) is 1. The second-order valence-corrected chi connectivity index (χ2v) is 8.44. The standard InChI is InChI=1S/C25H29N3O4/c1-32-15-14-28-22(17-8-3-2-4-9-17)21(19-11-5-6-12-20(19)24(28)30)25(31)27-13-7-10-18(16-27)23(26)29/h2-6,8-9,11-12,18,21-22H,7,10,13-16H2,1H3,(H2,26,29). The van der Waals surface area contributed by atoms with Gasteiger partial charge < -0.3 is 20.3 Å². The van der Waals surface area contributed by atoms with E-state index in [1.165, 1.54) is 0 Å². The molecule has 168 valence electrons. The predicted molar refractivity (Wildman–Crippen MR) is 120 cm³/mol. The molecule has 0 aliphatic carbocycles. The molecular formula is C25H29N3O4. The molecule has 4 rings (SSSR count). The third-order valence-electron chi connectivity index (χ3n) is 6.52. The highest BCUT2D eigenvalue weighted by molar-refractivity contribution is 6.01. The molecule has 3 unspecified atom stereocenters. The number of nitrogens with zero attached hydrogens (tertiary/aromatic N) is 2. The number of methoxy groups -OCH3 is 1. The topological polar surface area (TPSA) is 92.9 Å². The average molecular weight is 436 g/mol. The van der Waals surface area contributed by atoms with Crippen LogP contribution < -0.4 is 5.73 Å². The van der Waals surface area contributed by atoms with Crippen LogP contribution in [0.1, 0.15) is 46.3 Å². The fraction of sp³-hybridized carbons (Fsp3) is 0.400. The van der Waals surface area contributed by atoms with E-state index < -0.39 is 12.0 Å². The zero-order valence-corrected chi connectivity index (χ0v) is 18.3. The summed E-state index contributed by atoms with van der Waals surface area (Å²) in [5.74, 6) is -1.47. The molecule has 0 radical (unpaired) electrons. The van der Waals surface area contributed by atoms with Crippen LogP contribution in [0.5, 0.6) is 0 Å². The van der Waals surface area contributed by atoms with Crippen molar-refractivity contribution < 1.29 is 19.1 Å². The Bertz CT molecular complexity index is 994. The number of hydrogen-bond acceptors (Lipinski definition) is 4. The van der Waals surface area contributed by atoms with Crippen LogP contribution in [0.2, 0.25) is 0 Å². The van der Waals surface area contributed by atoms with E-state index in [1.54, 1.807) is 23.0 Å². The largest absolute Gasteiger partial charge is 0.383 e. The summed E-state index contributed by atoms with van der Waals surface area (Å²) >= 11 is 0. The van der Waals surface area contributed by atoms with Gasteiger partial charge in [0.15, 0.2) is 0 Å². The molecule has 0 spiro atoms. The Morgan fingerprint density at radius 2 is 1.81 bits per heavy atom. The Morgan fingerprint density at radius 1 is 1.09 bits per heavy atom. The van der Waals surface area contributed by atoms with Gasteiger partial charge in [0, 0.05) is 32.3 Å². The minimum Gasteiger partial charge on any atom is -0.383 e. The minimum absolute atomic E-state index is 0.0767. The Morgan fingerprint density at radius 3 is 2.53 bits per heavy atom. The lowest BCUT2D eigenvalue weighted by molar-refractivity contribution is -0.138. The van der Waals surface area contributed by atoms with Crippen LogP contribution in [0, 0.1) is 5.92 Å². The zero-order chi connectivity index (χ0) is 22.7. The van der Waals surface area contributed by atoms with Gasteiger partial charge in [-0.05, 0) is 30.0 Å². The molecule has 2 heterocycles. The first-order valence-electron chi connectivity index (χ1n) is 11.0. The summed E-state index contributed by atoms with van der Waals surface area (Å²) in [6, 6.07) is 16.5. The van der Waals surface area contributed by atoms with E-state index >= 15 is 0 Å². The zero-order valence-electron chi connectivity index (χ0n) is 18.3. The van der Waals surface area contributed by atoms with Crippen LogP contribution in [-0.4, -0.2) is 60.9 Å². The lowest BCUT2D eigenvalue weighted by Gasteiger charge is -2.44. The third kappa shape index (κ3) is 4.12. The number of amides is 3. The van der Waals surface area contributed by atoms with Crippen molar-refractivity contribution in [3.8, 4) is 0 Å². The van der Waals surface area contributed by atoms with Crippen molar-refractivity contribution >= 4 is 17.7 Å². The molecule has 7 nitrogen and oxygen atoms in total. The van der Waals surface area contributed by atoms with Gasteiger partial charge in [-0.2, -0.15) is 0 Å². The van der Waals surface area contributed by atoms with Crippen LogP contribution >= 0.6 is 0 Å². The van der Waals surface area contributed by atoms with Gasteiger partial charge in [0.25, 0.3) is 5.91 Å². The number of piperidine rings is 1. The summed E-state index contributed by atoms with van der Waals surface area (Å²) in [5.41, 5.74) is 7.72. The summed E-state index contributed by atoms with van der Waals surface area (Å²) < 4.78 is 5.28. The van der Waals surface area contributed by atoms with Crippen molar-refractivity contribution in [2.45, 2.75) is 24.8 Å². The lowest BCUT2D eigenvalue weighted by Crippen LogP contribution is -2.51. The first kappa shape index (κ1) is 22.0. The second-order valence-electron chi connectivity index (χ2n) is 8.44. The lowest BCUT2D eigenvalue weighted by atomic mass is 9.78. The van der Waals surface area contributed by atoms with Crippen LogP contribution in [0.25, 0.3) is 0 Å². The number of likely N-dealkylation sites (tertiary alicyclic amines) is 1. The van der Waals surface area contributed by atoms with E-state index in [9.17, 15) is 14.4 Å². The summed E-state index contributed by atoms with van der Waals surface area (Å²) in [5, 5.41) is 0. The number of nitrogens with two attached hydrogens (primary N) is 1. The van der Waals surface area contributed by atoms with E-state index in [-0.39, 0.29) is 23.6 Å². The number of rotatable bonds is 6. The molecule has 2 aliphatic heterocycles. The van der Waals surface area contributed by atoms with E-state index in [1.807, 2.05) is 48.5 Å².